The molecule has 0 aliphatic heterocycles. The minimum atomic E-state index is -0.227. The third kappa shape index (κ3) is 0.794. The van der Waals surface area contributed by atoms with Crippen LogP contribution in [0.15, 0.2) is 17.8 Å². The van der Waals surface area contributed by atoms with Crippen LogP contribution in [0.1, 0.15) is 13.3 Å². The van der Waals surface area contributed by atoms with Gasteiger partial charge in [-0.15, -0.1) is 6.58 Å². The lowest BCUT2D eigenvalue weighted by atomic mass is 10.2. The summed E-state index contributed by atoms with van der Waals surface area (Å²) in [7, 11) is 0. The molecule has 0 unspecified atom stereocenters. The van der Waals surface area contributed by atoms with Crippen LogP contribution in [0.2, 0.25) is 0 Å². The van der Waals surface area contributed by atoms with Gasteiger partial charge in [0, 0.05) is 4.91 Å². The van der Waals surface area contributed by atoms with Crippen molar-refractivity contribution in [3.05, 3.63) is 23.1 Å². The molecule has 3 heteroatoms. The molecule has 1 aliphatic carbocycles. The highest BCUT2D eigenvalue weighted by molar-refractivity contribution is 5.19. The van der Waals surface area contributed by atoms with Crippen molar-refractivity contribution >= 4 is 0 Å². The van der Waals surface area contributed by atoms with Crippen molar-refractivity contribution in [1.82, 2.24) is 0 Å². The predicted molar refractivity (Wildman–Crippen MR) is 35.9 cm³/mol. The van der Waals surface area contributed by atoms with E-state index in [1.807, 2.05) is 0 Å². The summed E-state index contributed by atoms with van der Waals surface area (Å²) in [5, 5.41) is 3.63. The second kappa shape index (κ2) is 1.78. The van der Waals surface area contributed by atoms with Crippen LogP contribution in [0, 0.1) is 5.92 Å². The fourth-order valence-corrected chi connectivity index (χ4v) is 0.980. The van der Waals surface area contributed by atoms with E-state index in [1.54, 1.807) is 6.08 Å². The molecule has 48 valence electrons. The monoisotopic (exact) mass is 123 g/mol. The summed E-state index contributed by atoms with van der Waals surface area (Å²) >= 11 is 0. The molecule has 0 radical (unpaired) electrons. The smallest absolute Gasteiger partial charge is 0.0694 e. The molecule has 0 N–H and O–H groups in total. The molecule has 0 saturated heterocycles. The molecular formula is C6H9N3. The number of rotatable bonds is 2. The summed E-state index contributed by atoms with van der Waals surface area (Å²) in [6, 6.07) is 0. The van der Waals surface area contributed by atoms with Crippen LogP contribution in [0.5, 0.6) is 0 Å². The fourth-order valence-electron chi connectivity index (χ4n) is 0.980. The van der Waals surface area contributed by atoms with Gasteiger partial charge >= 0.3 is 0 Å². The Labute approximate surface area is 54.0 Å². The number of hydrogen-bond donors (Lipinski definition) is 0. The number of nitrogens with zero attached hydrogens (tertiary/aromatic N) is 3. The Balaban J connectivity index is 2.73. The molecule has 0 bridgehead atoms. The highest BCUT2D eigenvalue weighted by atomic mass is 15.2. The average molecular weight is 123 g/mol. The SMILES string of the molecule is C=C[C@]1(N=[N+]=[N-])C[C@@H]1C. The van der Waals surface area contributed by atoms with E-state index in [1.165, 1.54) is 0 Å². The summed E-state index contributed by atoms with van der Waals surface area (Å²) in [6.45, 7) is 5.65. The lowest BCUT2D eigenvalue weighted by Gasteiger charge is -1.96. The van der Waals surface area contributed by atoms with Crippen molar-refractivity contribution in [3.63, 3.8) is 0 Å². The summed E-state index contributed by atoms with van der Waals surface area (Å²) in [5.74, 6) is 0.492. The van der Waals surface area contributed by atoms with Crippen molar-refractivity contribution in [2.75, 3.05) is 0 Å². The number of azide groups is 1. The second-order valence-corrected chi connectivity index (χ2v) is 2.49. The fraction of sp³-hybridized carbons (Fsp3) is 0.667. The van der Waals surface area contributed by atoms with Gasteiger partial charge in [-0.1, -0.05) is 18.1 Å². The van der Waals surface area contributed by atoms with Crippen molar-refractivity contribution in [2.24, 2.45) is 11.0 Å². The lowest BCUT2D eigenvalue weighted by Crippen LogP contribution is -1.99. The third-order valence-corrected chi connectivity index (χ3v) is 1.91. The molecule has 2 atom stereocenters. The molecule has 1 aliphatic rings. The van der Waals surface area contributed by atoms with Crippen LogP contribution < -0.4 is 0 Å². The molecule has 1 fully saturated rings. The Bertz CT molecular complexity index is 181. The van der Waals surface area contributed by atoms with Crippen LogP contribution >= 0.6 is 0 Å². The normalized spacial score (nSPS) is 39.0. The van der Waals surface area contributed by atoms with E-state index in [9.17, 15) is 0 Å². The largest absolute Gasteiger partial charge is 0.102 e. The van der Waals surface area contributed by atoms with Crippen LogP contribution in [-0.2, 0) is 0 Å². The van der Waals surface area contributed by atoms with E-state index < -0.39 is 0 Å². The van der Waals surface area contributed by atoms with E-state index in [-0.39, 0.29) is 5.54 Å². The van der Waals surface area contributed by atoms with Crippen molar-refractivity contribution < 1.29 is 0 Å². The standard InChI is InChI=1S/C6H9N3/c1-3-6(8-9-7)4-5(6)2/h3,5H,1,4H2,2H3/t5-,6-/m0/s1. The molecule has 0 heterocycles. The van der Waals surface area contributed by atoms with Gasteiger partial charge in [-0.2, -0.15) is 0 Å². The van der Waals surface area contributed by atoms with Crippen LogP contribution in [-0.4, -0.2) is 5.54 Å². The van der Waals surface area contributed by atoms with Crippen LogP contribution in [0.25, 0.3) is 10.4 Å². The van der Waals surface area contributed by atoms with Crippen molar-refractivity contribution in [2.45, 2.75) is 18.9 Å². The Hall–Kier alpha value is -0.950. The maximum absolute atomic E-state index is 8.10. The summed E-state index contributed by atoms with van der Waals surface area (Å²) in [6.07, 6.45) is 2.69. The van der Waals surface area contributed by atoms with E-state index >= 15 is 0 Å². The highest BCUT2D eigenvalue weighted by Gasteiger charge is 2.47. The number of hydrogen-bond acceptors (Lipinski definition) is 1. The van der Waals surface area contributed by atoms with Gasteiger partial charge in [0.25, 0.3) is 0 Å². The van der Waals surface area contributed by atoms with Crippen molar-refractivity contribution in [1.29, 1.82) is 0 Å². The molecule has 9 heavy (non-hydrogen) atoms. The Morgan fingerprint density at radius 1 is 2.00 bits per heavy atom. The van der Waals surface area contributed by atoms with E-state index in [0.29, 0.717) is 5.92 Å². The maximum atomic E-state index is 8.10. The lowest BCUT2D eigenvalue weighted by molar-refractivity contribution is 0.752. The Morgan fingerprint density at radius 3 is 2.67 bits per heavy atom. The van der Waals surface area contributed by atoms with E-state index in [0.717, 1.165) is 6.42 Å². The Morgan fingerprint density at radius 2 is 2.56 bits per heavy atom. The van der Waals surface area contributed by atoms with Gasteiger partial charge in [0.05, 0.1) is 5.54 Å². The molecule has 3 nitrogen and oxygen atoms in total. The molecule has 0 aromatic carbocycles. The Kier molecular flexibility index (Phi) is 1.22. The second-order valence-electron chi connectivity index (χ2n) is 2.49. The first kappa shape index (κ1) is 6.17. The zero-order valence-corrected chi connectivity index (χ0v) is 5.41. The summed E-state index contributed by atoms with van der Waals surface area (Å²) < 4.78 is 0. The van der Waals surface area contributed by atoms with Gasteiger partial charge in [-0.25, -0.2) is 0 Å². The average Bonchev–Trinajstić information content (AvgIpc) is 2.45. The predicted octanol–water partition coefficient (Wildman–Crippen LogP) is 2.26. The van der Waals surface area contributed by atoms with E-state index in [4.69, 9.17) is 5.53 Å². The molecule has 0 aromatic heterocycles. The summed E-state index contributed by atoms with van der Waals surface area (Å²) in [4.78, 5) is 2.74. The molecule has 1 saturated carbocycles. The topological polar surface area (TPSA) is 48.8 Å². The van der Waals surface area contributed by atoms with Gasteiger partial charge in [0.2, 0.25) is 0 Å². The minimum absolute atomic E-state index is 0.227. The quantitative estimate of drug-likeness (QED) is 0.234. The molecular weight excluding hydrogens is 114 g/mol. The van der Waals surface area contributed by atoms with Gasteiger partial charge < -0.3 is 0 Å². The molecule has 0 spiro atoms. The maximum Gasteiger partial charge on any atom is 0.0694 e. The first-order valence-electron chi connectivity index (χ1n) is 2.95. The summed E-state index contributed by atoms with van der Waals surface area (Å²) in [5.41, 5.74) is 7.87. The van der Waals surface area contributed by atoms with Crippen LogP contribution in [0.4, 0.5) is 0 Å². The van der Waals surface area contributed by atoms with E-state index in [2.05, 4.69) is 23.5 Å². The molecule has 1 rings (SSSR count). The van der Waals surface area contributed by atoms with Gasteiger partial charge in [0.15, 0.2) is 0 Å². The highest BCUT2D eigenvalue weighted by Crippen LogP contribution is 2.47. The zero-order valence-electron chi connectivity index (χ0n) is 5.41. The van der Waals surface area contributed by atoms with Crippen molar-refractivity contribution in [3.8, 4) is 0 Å². The van der Waals surface area contributed by atoms with Gasteiger partial charge in [-0.05, 0) is 17.9 Å². The minimum Gasteiger partial charge on any atom is -0.102 e. The van der Waals surface area contributed by atoms with Gasteiger partial charge in [0.1, 0.15) is 0 Å². The molecule has 0 amide bonds. The molecule has 0 aromatic rings. The van der Waals surface area contributed by atoms with Gasteiger partial charge in [-0.3, -0.25) is 0 Å². The first-order chi connectivity index (χ1) is 4.25. The first-order valence-corrected chi connectivity index (χ1v) is 2.95. The van der Waals surface area contributed by atoms with Crippen LogP contribution in [0.3, 0.4) is 0 Å². The zero-order chi connectivity index (χ0) is 6.91. The third-order valence-electron chi connectivity index (χ3n) is 1.91.